The Balaban J connectivity index is 2.15. The lowest BCUT2D eigenvalue weighted by Gasteiger charge is -2.34. The van der Waals surface area contributed by atoms with Crippen LogP contribution in [0.25, 0.3) is 0 Å². The lowest BCUT2D eigenvalue weighted by molar-refractivity contribution is 0.304. The van der Waals surface area contributed by atoms with Crippen molar-refractivity contribution < 1.29 is 4.74 Å². The van der Waals surface area contributed by atoms with Crippen molar-refractivity contribution in [3.8, 4) is 0 Å². The number of hydrogen-bond donors (Lipinski definition) is 0. The molecule has 2 aromatic rings. The van der Waals surface area contributed by atoms with Gasteiger partial charge in [0.25, 0.3) is 5.17 Å². The van der Waals surface area contributed by atoms with Crippen LogP contribution in [0.2, 0.25) is 0 Å². The molecule has 1 heterocycles. The minimum atomic E-state index is -0.445. The quantitative estimate of drug-likeness (QED) is 0.625. The van der Waals surface area contributed by atoms with Gasteiger partial charge in [0.2, 0.25) is 0 Å². The highest BCUT2D eigenvalue weighted by Gasteiger charge is 2.45. The molecule has 1 fully saturated rings. The van der Waals surface area contributed by atoms with Crippen molar-refractivity contribution in [1.82, 2.24) is 0 Å². The first-order chi connectivity index (χ1) is 9.78. The van der Waals surface area contributed by atoms with Crippen LogP contribution >= 0.6 is 12.2 Å². The van der Waals surface area contributed by atoms with Crippen LogP contribution in [0.3, 0.4) is 0 Å². The molecule has 0 spiro atoms. The zero-order valence-corrected chi connectivity index (χ0v) is 11.8. The Morgan fingerprint density at radius 2 is 1.65 bits per heavy atom. The third-order valence-corrected chi connectivity index (χ3v) is 3.92. The van der Waals surface area contributed by atoms with E-state index in [1.54, 1.807) is 0 Å². The van der Waals surface area contributed by atoms with Crippen LogP contribution in [-0.2, 0) is 10.3 Å². The van der Waals surface area contributed by atoms with E-state index in [0.717, 1.165) is 11.3 Å². The molecule has 0 aliphatic carbocycles. The largest absolute Gasteiger partial charge is 0.467 e. The Kier molecular flexibility index (Phi) is 3.28. The summed E-state index contributed by atoms with van der Waals surface area (Å²) in [5.41, 5.74) is 1.69. The van der Waals surface area contributed by atoms with Crippen molar-refractivity contribution in [3.05, 3.63) is 78.9 Å². The van der Waals surface area contributed by atoms with E-state index in [0.29, 0.717) is 11.8 Å². The lowest BCUT2D eigenvalue weighted by Crippen LogP contribution is -2.43. The molecule has 3 rings (SSSR count). The average molecular weight is 281 g/mol. The molecule has 2 aromatic carbocycles. The standard InChI is InChI=1S/C17H15NOS/c1-2-17(14-9-5-3-6-10-14)13-19-16(20)18(17)15-11-7-4-8-12-15/h2-12H,1,13H2/t17-/m0/s1. The van der Waals surface area contributed by atoms with E-state index < -0.39 is 5.54 Å². The molecule has 0 aromatic heterocycles. The SMILES string of the molecule is C=C[C@@]1(c2ccccc2)COC(=S)N1c1ccccc1. The minimum absolute atomic E-state index is 0.445. The third-order valence-electron chi connectivity index (χ3n) is 3.62. The fourth-order valence-electron chi connectivity index (χ4n) is 2.58. The van der Waals surface area contributed by atoms with Crippen molar-refractivity contribution in [2.45, 2.75) is 5.54 Å². The molecule has 1 aliphatic heterocycles. The van der Waals surface area contributed by atoms with Crippen LogP contribution in [0.15, 0.2) is 73.3 Å². The first-order valence-electron chi connectivity index (χ1n) is 6.49. The zero-order valence-electron chi connectivity index (χ0n) is 11.0. The van der Waals surface area contributed by atoms with E-state index in [2.05, 4.69) is 18.7 Å². The molecule has 0 N–H and O–H groups in total. The number of anilines is 1. The molecule has 3 heteroatoms. The lowest BCUT2D eigenvalue weighted by atomic mass is 9.89. The van der Waals surface area contributed by atoms with Crippen LogP contribution in [0.5, 0.6) is 0 Å². The topological polar surface area (TPSA) is 12.5 Å². The molecule has 0 radical (unpaired) electrons. The van der Waals surface area contributed by atoms with E-state index in [1.807, 2.05) is 59.5 Å². The summed E-state index contributed by atoms with van der Waals surface area (Å²) in [5.74, 6) is 0. The maximum absolute atomic E-state index is 5.67. The van der Waals surface area contributed by atoms with Gasteiger partial charge in [-0.3, -0.25) is 4.90 Å². The van der Waals surface area contributed by atoms with E-state index in [9.17, 15) is 0 Å². The van der Waals surface area contributed by atoms with Crippen LogP contribution in [0.1, 0.15) is 5.56 Å². The number of hydrogen-bond acceptors (Lipinski definition) is 2. The van der Waals surface area contributed by atoms with Gasteiger partial charge in [-0.15, -0.1) is 6.58 Å². The van der Waals surface area contributed by atoms with Crippen molar-refractivity contribution in [2.75, 3.05) is 11.5 Å². The molecular weight excluding hydrogens is 266 g/mol. The zero-order chi connectivity index (χ0) is 14.0. The second-order valence-electron chi connectivity index (χ2n) is 4.72. The predicted molar refractivity (Wildman–Crippen MR) is 85.8 cm³/mol. The normalized spacial score (nSPS) is 21.6. The first-order valence-corrected chi connectivity index (χ1v) is 6.90. The summed E-state index contributed by atoms with van der Waals surface area (Å²) in [5, 5.41) is 0.486. The van der Waals surface area contributed by atoms with Crippen molar-refractivity contribution >= 4 is 23.1 Å². The molecule has 20 heavy (non-hydrogen) atoms. The van der Waals surface area contributed by atoms with Crippen LogP contribution in [0, 0.1) is 0 Å². The summed E-state index contributed by atoms with van der Waals surface area (Å²) in [6.07, 6.45) is 1.91. The van der Waals surface area contributed by atoms with Gasteiger partial charge in [0.1, 0.15) is 12.1 Å². The molecular formula is C17H15NOS. The summed E-state index contributed by atoms with van der Waals surface area (Å²) in [6, 6.07) is 20.2. The fourth-order valence-corrected chi connectivity index (χ4v) is 2.91. The summed E-state index contributed by atoms with van der Waals surface area (Å²) < 4.78 is 5.67. The molecule has 100 valence electrons. The number of benzene rings is 2. The molecule has 1 saturated heterocycles. The number of ether oxygens (including phenoxy) is 1. The van der Waals surface area contributed by atoms with Crippen LogP contribution in [-0.4, -0.2) is 11.8 Å². The van der Waals surface area contributed by atoms with Gasteiger partial charge >= 0.3 is 0 Å². The monoisotopic (exact) mass is 281 g/mol. The van der Waals surface area contributed by atoms with Gasteiger partial charge < -0.3 is 4.74 Å². The highest BCUT2D eigenvalue weighted by atomic mass is 32.1. The van der Waals surface area contributed by atoms with Gasteiger partial charge in [-0.2, -0.15) is 0 Å². The van der Waals surface area contributed by atoms with Crippen molar-refractivity contribution in [1.29, 1.82) is 0 Å². The molecule has 1 aliphatic rings. The summed E-state index contributed by atoms with van der Waals surface area (Å²) >= 11 is 5.39. The predicted octanol–water partition coefficient (Wildman–Crippen LogP) is 3.89. The molecule has 2 nitrogen and oxygen atoms in total. The summed E-state index contributed by atoms with van der Waals surface area (Å²) in [6.45, 7) is 4.50. The van der Waals surface area contributed by atoms with Crippen molar-refractivity contribution in [2.24, 2.45) is 0 Å². The molecule has 0 unspecified atom stereocenters. The molecule has 1 atom stereocenters. The van der Waals surface area contributed by atoms with E-state index in [1.165, 1.54) is 0 Å². The van der Waals surface area contributed by atoms with Crippen LogP contribution in [0.4, 0.5) is 5.69 Å². The number of thiocarbonyl (C=S) groups is 1. The minimum Gasteiger partial charge on any atom is -0.467 e. The number of para-hydroxylation sites is 1. The van der Waals surface area contributed by atoms with Gasteiger partial charge in [-0.25, -0.2) is 0 Å². The van der Waals surface area contributed by atoms with E-state index in [-0.39, 0.29) is 0 Å². The smallest absolute Gasteiger partial charge is 0.265 e. The Bertz CT molecular complexity index is 626. The Morgan fingerprint density at radius 1 is 1.05 bits per heavy atom. The molecule has 0 bridgehead atoms. The molecule has 0 amide bonds. The second kappa shape index (κ2) is 5.10. The van der Waals surface area contributed by atoms with Crippen LogP contribution < -0.4 is 4.90 Å². The Hall–Kier alpha value is -2.13. The van der Waals surface area contributed by atoms with Gasteiger partial charge in [-0.05, 0) is 29.9 Å². The van der Waals surface area contributed by atoms with Gasteiger partial charge in [0, 0.05) is 5.69 Å². The maximum atomic E-state index is 5.67. The third kappa shape index (κ3) is 1.91. The summed E-state index contributed by atoms with van der Waals surface area (Å²) in [4.78, 5) is 2.03. The van der Waals surface area contributed by atoms with Gasteiger partial charge in [0.15, 0.2) is 0 Å². The Morgan fingerprint density at radius 3 is 2.25 bits per heavy atom. The van der Waals surface area contributed by atoms with Crippen molar-refractivity contribution in [3.63, 3.8) is 0 Å². The molecule has 0 saturated carbocycles. The number of rotatable bonds is 3. The van der Waals surface area contributed by atoms with E-state index in [4.69, 9.17) is 17.0 Å². The highest BCUT2D eigenvalue weighted by Crippen LogP contribution is 2.39. The van der Waals surface area contributed by atoms with Gasteiger partial charge in [-0.1, -0.05) is 54.6 Å². The maximum Gasteiger partial charge on any atom is 0.265 e. The summed E-state index contributed by atoms with van der Waals surface area (Å²) in [7, 11) is 0. The van der Waals surface area contributed by atoms with E-state index >= 15 is 0 Å². The highest BCUT2D eigenvalue weighted by molar-refractivity contribution is 7.80. The second-order valence-corrected chi connectivity index (χ2v) is 5.07. The average Bonchev–Trinajstić information content (AvgIpc) is 2.87. The van der Waals surface area contributed by atoms with Gasteiger partial charge in [0.05, 0.1) is 0 Å². The number of nitrogens with zero attached hydrogens (tertiary/aromatic N) is 1. The fraction of sp³-hybridized carbons (Fsp3) is 0.118. The first kappa shape index (κ1) is 12.9. The Labute approximate surface area is 124 Å².